The number of nitrogens with zero attached hydrogens (tertiary/aromatic N) is 1. The first-order valence-electron chi connectivity index (χ1n) is 11.4. The minimum Gasteiger partial charge on any atom is -0.493 e. The zero-order valence-electron chi connectivity index (χ0n) is 19.3. The van der Waals surface area contributed by atoms with Gasteiger partial charge < -0.3 is 19.5 Å². The molecule has 0 aliphatic carbocycles. The van der Waals surface area contributed by atoms with Gasteiger partial charge in [-0.25, -0.2) is 0 Å². The summed E-state index contributed by atoms with van der Waals surface area (Å²) in [5, 5.41) is 10.8. The highest BCUT2D eigenvalue weighted by Gasteiger charge is 2.35. The average molecular weight is 448 g/mol. The van der Waals surface area contributed by atoms with Crippen LogP contribution in [-0.4, -0.2) is 30.2 Å². The van der Waals surface area contributed by atoms with Crippen LogP contribution in [0, 0.1) is 6.92 Å². The SMILES string of the molecule is CCCOc1cc2cccc(OCCC)c2c2c1CN(c1ccc(CC(=O)O)cc1C)C2=O. The molecule has 0 spiro atoms. The van der Waals surface area contributed by atoms with Crippen LogP contribution in [-0.2, 0) is 17.8 Å². The first-order chi connectivity index (χ1) is 15.9. The van der Waals surface area contributed by atoms with E-state index in [9.17, 15) is 9.59 Å². The summed E-state index contributed by atoms with van der Waals surface area (Å²) in [5.74, 6) is 0.452. The average Bonchev–Trinajstić information content (AvgIpc) is 3.12. The maximum absolute atomic E-state index is 13.8. The largest absolute Gasteiger partial charge is 0.493 e. The van der Waals surface area contributed by atoms with E-state index in [4.69, 9.17) is 14.6 Å². The zero-order valence-corrected chi connectivity index (χ0v) is 19.3. The molecule has 0 unspecified atom stereocenters. The Morgan fingerprint density at radius 3 is 2.42 bits per heavy atom. The molecule has 1 amide bonds. The van der Waals surface area contributed by atoms with Crippen LogP contribution in [0.4, 0.5) is 5.69 Å². The minimum absolute atomic E-state index is 0.0485. The van der Waals surface area contributed by atoms with E-state index in [1.165, 1.54) is 0 Å². The molecule has 0 fully saturated rings. The van der Waals surface area contributed by atoms with E-state index in [-0.39, 0.29) is 12.3 Å². The van der Waals surface area contributed by atoms with Crippen molar-refractivity contribution in [2.45, 2.75) is 46.6 Å². The van der Waals surface area contributed by atoms with Crippen LogP contribution < -0.4 is 14.4 Å². The predicted molar refractivity (Wildman–Crippen MR) is 129 cm³/mol. The van der Waals surface area contributed by atoms with Gasteiger partial charge in [-0.1, -0.05) is 38.1 Å². The lowest BCUT2D eigenvalue weighted by molar-refractivity contribution is -0.136. The van der Waals surface area contributed by atoms with Crippen molar-refractivity contribution in [2.24, 2.45) is 0 Å². The number of carboxylic acid groups (broad SMARTS) is 1. The number of hydrogen-bond acceptors (Lipinski definition) is 4. The minimum atomic E-state index is -0.879. The van der Waals surface area contributed by atoms with E-state index in [2.05, 4.69) is 13.8 Å². The van der Waals surface area contributed by atoms with Gasteiger partial charge in [0.1, 0.15) is 11.5 Å². The van der Waals surface area contributed by atoms with Gasteiger partial charge in [0.05, 0.1) is 31.7 Å². The lowest BCUT2D eigenvalue weighted by atomic mass is 9.98. The topological polar surface area (TPSA) is 76.1 Å². The number of amides is 1. The van der Waals surface area contributed by atoms with Crippen LogP contribution in [0.1, 0.15) is 53.7 Å². The molecule has 6 nitrogen and oxygen atoms in total. The second-order valence-electron chi connectivity index (χ2n) is 8.36. The monoisotopic (exact) mass is 447 g/mol. The maximum Gasteiger partial charge on any atom is 0.307 e. The zero-order chi connectivity index (χ0) is 23.5. The Balaban J connectivity index is 1.83. The molecule has 3 aromatic carbocycles. The van der Waals surface area contributed by atoms with Gasteiger partial charge in [-0.15, -0.1) is 0 Å². The number of hydrogen-bond donors (Lipinski definition) is 1. The molecule has 172 valence electrons. The van der Waals surface area contributed by atoms with Crippen molar-refractivity contribution in [3.63, 3.8) is 0 Å². The molecule has 6 heteroatoms. The van der Waals surface area contributed by atoms with Gasteiger partial charge in [-0.05, 0) is 54.5 Å². The molecule has 0 saturated carbocycles. The summed E-state index contributed by atoms with van der Waals surface area (Å²) in [4.78, 5) is 26.6. The maximum atomic E-state index is 13.8. The number of fused-ring (bicyclic) bond motifs is 3. The third-order valence-electron chi connectivity index (χ3n) is 5.80. The van der Waals surface area contributed by atoms with Gasteiger partial charge in [0.25, 0.3) is 5.91 Å². The fourth-order valence-electron chi connectivity index (χ4n) is 4.37. The highest BCUT2D eigenvalue weighted by molar-refractivity contribution is 6.20. The van der Waals surface area contributed by atoms with Crippen LogP contribution in [0.15, 0.2) is 42.5 Å². The molecule has 33 heavy (non-hydrogen) atoms. The molecular formula is C27H29NO5. The van der Waals surface area contributed by atoms with Crippen molar-refractivity contribution in [3.05, 3.63) is 64.7 Å². The number of ether oxygens (including phenoxy) is 2. The number of carbonyl (C=O) groups excluding carboxylic acids is 1. The molecule has 4 rings (SSSR count). The van der Waals surface area contributed by atoms with E-state index in [1.807, 2.05) is 43.3 Å². The molecule has 0 radical (unpaired) electrons. The molecule has 0 saturated heterocycles. The fourth-order valence-corrected chi connectivity index (χ4v) is 4.37. The second kappa shape index (κ2) is 9.53. The van der Waals surface area contributed by atoms with Gasteiger partial charge in [0.15, 0.2) is 0 Å². The van der Waals surface area contributed by atoms with Gasteiger partial charge in [-0.3, -0.25) is 9.59 Å². The van der Waals surface area contributed by atoms with Crippen LogP contribution >= 0.6 is 0 Å². The van der Waals surface area contributed by atoms with Crippen LogP contribution in [0.3, 0.4) is 0 Å². The molecule has 3 aromatic rings. The smallest absolute Gasteiger partial charge is 0.307 e. The van der Waals surface area contributed by atoms with Crippen LogP contribution in [0.5, 0.6) is 11.5 Å². The second-order valence-corrected chi connectivity index (χ2v) is 8.36. The van der Waals surface area contributed by atoms with Crippen molar-refractivity contribution in [1.82, 2.24) is 0 Å². The molecule has 1 aliphatic heterocycles. The molecule has 0 atom stereocenters. The van der Waals surface area contributed by atoms with Gasteiger partial charge in [0, 0.05) is 16.6 Å². The summed E-state index contributed by atoms with van der Waals surface area (Å²) in [6, 6.07) is 13.3. The van der Waals surface area contributed by atoms with Crippen LogP contribution in [0.2, 0.25) is 0 Å². The lowest BCUT2D eigenvalue weighted by Gasteiger charge is -2.19. The predicted octanol–water partition coefficient (Wildman–Crippen LogP) is 5.51. The van der Waals surface area contributed by atoms with E-state index in [0.717, 1.165) is 46.2 Å². The van der Waals surface area contributed by atoms with Crippen molar-refractivity contribution < 1.29 is 24.2 Å². The molecular weight excluding hydrogens is 418 g/mol. The number of carbonyl (C=O) groups is 2. The highest BCUT2D eigenvalue weighted by Crippen LogP contribution is 2.43. The molecule has 0 bridgehead atoms. The number of aryl methyl sites for hydroxylation is 1. The number of benzene rings is 3. The lowest BCUT2D eigenvalue weighted by Crippen LogP contribution is -2.24. The summed E-state index contributed by atoms with van der Waals surface area (Å²) in [6.45, 7) is 7.54. The molecule has 1 N–H and O–H groups in total. The van der Waals surface area contributed by atoms with Gasteiger partial charge in [0.2, 0.25) is 0 Å². The highest BCUT2D eigenvalue weighted by atomic mass is 16.5. The Hall–Kier alpha value is -3.54. The van der Waals surface area contributed by atoms with Gasteiger partial charge in [-0.2, -0.15) is 0 Å². The number of rotatable bonds is 9. The Morgan fingerprint density at radius 2 is 1.76 bits per heavy atom. The van der Waals surface area contributed by atoms with Gasteiger partial charge >= 0.3 is 5.97 Å². The number of anilines is 1. The number of carboxylic acids is 1. The standard InChI is InChI=1S/C27H29NO5/c1-4-11-32-22-8-6-7-19-15-23(33-12-5-2)20-16-28(27(31)26(20)25(19)22)21-10-9-18(13-17(21)3)14-24(29)30/h6-10,13,15H,4-5,11-12,14,16H2,1-3H3,(H,29,30). The molecule has 0 aromatic heterocycles. The van der Waals surface area contributed by atoms with E-state index in [1.54, 1.807) is 11.0 Å². The van der Waals surface area contributed by atoms with Crippen molar-refractivity contribution in [1.29, 1.82) is 0 Å². The summed E-state index contributed by atoms with van der Waals surface area (Å²) < 4.78 is 12.1. The van der Waals surface area contributed by atoms with E-state index < -0.39 is 5.97 Å². The Labute approximate surface area is 193 Å². The normalized spacial score (nSPS) is 12.8. The molecule has 1 heterocycles. The Bertz CT molecular complexity index is 1220. The summed E-state index contributed by atoms with van der Waals surface area (Å²) >= 11 is 0. The first-order valence-corrected chi connectivity index (χ1v) is 11.4. The first kappa shape index (κ1) is 22.6. The van der Waals surface area contributed by atoms with Crippen molar-refractivity contribution in [2.75, 3.05) is 18.1 Å². The summed E-state index contributed by atoms with van der Waals surface area (Å²) in [7, 11) is 0. The Kier molecular flexibility index (Phi) is 6.54. The van der Waals surface area contributed by atoms with Crippen LogP contribution in [0.25, 0.3) is 10.8 Å². The van der Waals surface area contributed by atoms with Crippen molar-refractivity contribution in [3.8, 4) is 11.5 Å². The number of aliphatic carboxylic acids is 1. The third kappa shape index (κ3) is 4.38. The summed E-state index contributed by atoms with van der Waals surface area (Å²) in [6.07, 6.45) is 1.69. The quantitative estimate of drug-likeness (QED) is 0.468. The molecule has 1 aliphatic rings. The summed E-state index contributed by atoms with van der Waals surface area (Å²) in [5.41, 5.74) is 3.83. The van der Waals surface area contributed by atoms with E-state index in [0.29, 0.717) is 36.6 Å². The fraction of sp³-hybridized carbons (Fsp3) is 0.333. The third-order valence-corrected chi connectivity index (χ3v) is 5.80. The Morgan fingerprint density at radius 1 is 1.03 bits per heavy atom. The van der Waals surface area contributed by atoms with Crippen molar-refractivity contribution >= 4 is 28.3 Å². The van der Waals surface area contributed by atoms with E-state index >= 15 is 0 Å².